The Balaban J connectivity index is 1.65. The van der Waals surface area contributed by atoms with Crippen molar-refractivity contribution < 1.29 is 14.4 Å². The first-order valence-corrected chi connectivity index (χ1v) is 12.3. The molecule has 8 heteroatoms. The normalized spacial score (nSPS) is 19.4. The summed E-state index contributed by atoms with van der Waals surface area (Å²) in [5.41, 5.74) is 4.62. The Morgan fingerprint density at radius 1 is 1.27 bits per heavy atom. The van der Waals surface area contributed by atoms with Crippen LogP contribution in [0, 0.1) is 12.3 Å². The topological polar surface area (TPSA) is 91.4 Å². The molecule has 0 bridgehead atoms. The fourth-order valence-electron chi connectivity index (χ4n) is 4.17. The summed E-state index contributed by atoms with van der Waals surface area (Å²) in [5.74, 6) is -0.592. The van der Waals surface area contributed by atoms with Crippen molar-refractivity contribution in [1.29, 1.82) is 0 Å². The van der Waals surface area contributed by atoms with Crippen LogP contribution in [0.2, 0.25) is 0 Å². The number of allylic oxidation sites excluding steroid dienone is 5. The molecule has 7 nitrogen and oxygen atoms in total. The molecule has 33 heavy (non-hydrogen) atoms. The van der Waals surface area contributed by atoms with E-state index >= 15 is 0 Å². The minimum atomic E-state index is -0.670. The molecular weight excluding hydrogens is 436 g/mol. The van der Waals surface area contributed by atoms with Crippen molar-refractivity contribution in [1.82, 2.24) is 20.5 Å². The van der Waals surface area contributed by atoms with Gasteiger partial charge in [0, 0.05) is 20.0 Å². The maximum atomic E-state index is 13.3. The van der Waals surface area contributed by atoms with Gasteiger partial charge >= 0.3 is 0 Å². The number of carbonyl (C=O) groups is 3. The van der Waals surface area contributed by atoms with Crippen LogP contribution < -0.4 is 10.6 Å². The highest BCUT2D eigenvalue weighted by Crippen LogP contribution is 2.27. The van der Waals surface area contributed by atoms with Gasteiger partial charge in [0.2, 0.25) is 17.7 Å². The largest absolute Gasteiger partial charge is 0.351 e. The molecule has 2 heterocycles. The Morgan fingerprint density at radius 3 is 2.67 bits per heavy atom. The minimum Gasteiger partial charge on any atom is -0.351 e. The molecule has 3 amide bonds. The lowest BCUT2D eigenvalue weighted by molar-refractivity contribution is -0.143. The quantitative estimate of drug-likeness (QED) is 0.667. The second-order valence-corrected chi connectivity index (χ2v) is 10.6. The lowest BCUT2D eigenvalue weighted by Crippen LogP contribution is -2.57. The third kappa shape index (κ3) is 6.19. The summed E-state index contributed by atoms with van der Waals surface area (Å²) in [5, 5.41) is 5.80. The molecule has 0 unspecified atom stereocenters. The van der Waals surface area contributed by atoms with Crippen molar-refractivity contribution in [2.45, 2.75) is 66.0 Å². The van der Waals surface area contributed by atoms with Gasteiger partial charge in [-0.2, -0.15) is 0 Å². The van der Waals surface area contributed by atoms with Gasteiger partial charge in [-0.05, 0) is 42.7 Å². The van der Waals surface area contributed by atoms with Crippen LogP contribution in [-0.2, 0) is 14.4 Å². The third-order valence-corrected chi connectivity index (χ3v) is 6.95. The highest BCUT2D eigenvalue weighted by Gasteiger charge is 2.41. The fourth-order valence-corrected chi connectivity index (χ4v) is 4.98. The van der Waals surface area contributed by atoms with E-state index in [9.17, 15) is 14.4 Å². The van der Waals surface area contributed by atoms with Gasteiger partial charge in [-0.15, -0.1) is 11.3 Å². The van der Waals surface area contributed by atoms with E-state index in [0.29, 0.717) is 19.5 Å². The third-order valence-electron chi connectivity index (χ3n) is 5.97. The van der Waals surface area contributed by atoms with Crippen molar-refractivity contribution in [3.63, 3.8) is 0 Å². The van der Waals surface area contributed by atoms with Crippen molar-refractivity contribution in [3.05, 3.63) is 46.0 Å². The minimum absolute atomic E-state index is 0.145. The number of likely N-dealkylation sites (tertiary alicyclic amines) is 1. The highest BCUT2D eigenvalue weighted by atomic mass is 32.1. The van der Waals surface area contributed by atoms with Gasteiger partial charge < -0.3 is 15.5 Å². The summed E-state index contributed by atoms with van der Waals surface area (Å²) in [6, 6.07) is -1.18. The second-order valence-electron chi connectivity index (χ2n) is 9.73. The predicted molar refractivity (Wildman–Crippen MR) is 131 cm³/mol. The zero-order valence-corrected chi connectivity index (χ0v) is 20.9. The fraction of sp³-hybridized carbons (Fsp3) is 0.520. The van der Waals surface area contributed by atoms with Crippen LogP contribution in [-0.4, -0.2) is 52.8 Å². The lowest BCUT2D eigenvalue weighted by Gasteiger charge is -2.35. The molecule has 178 valence electrons. The van der Waals surface area contributed by atoms with Crippen LogP contribution >= 0.6 is 11.3 Å². The number of carbonyl (C=O) groups excluding carboxylic acids is 3. The average Bonchev–Trinajstić information content (AvgIpc) is 3.33. The molecule has 0 saturated carbocycles. The first kappa shape index (κ1) is 24.9. The molecule has 1 aromatic rings. The molecule has 2 atom stereocenters. The van der Waals surface area contributed by atoms with Gasteiger partial charge in [-0.1, -0.05) is 45.1 Å². The molecule has 0 radical (unpaired) electrons. The maximum Gasteiger partial charge on any atom is 0.246 e. The molecule has 1 aliphatic carbocycles. The number of nitrogens with zero attached hydrogens (tertiary/aromatic N) is 2. The Labute approximate surface area is 200 Å². The molecular formula is C25H34N4O3S. The zero-order valence-electron chi connectivity index (χ0n) is 20.1. The number of nitrogens with one attached hydrogen (secondary N) is 2. The van der Waals surface area contributed by atoms with E-state index in [1.165, 1.54) is 6.92 Å². The van der Waals surface area contributed by atoms with Gasteiger partial charge in [-0.25, -0.2) is 4.98 Å². The van der Waals surface area contributed by atoms with E-state index in [-0.39, 0.29) is 17.7 Å². The Kier molecular flexibility index (Phi) is 7.89. The van der Waals surface area contributed by atoms with E-state index in [0.717, 1.165) is 34.6 Å². The Hall–Kier alpha value is -2.74. The van der Waals surface area contributed by atoms with Crippen LogP contribution in [0.5, 0.6) is 0 Å². The first-order chi connectivity index (χ1) is 15.6. The van der Waals surface area contributed by atoms with Gasteiger partial charge in [0.25, 0.3) is 0 Å². The average molecular weight is 471 g/mol. The predicted octanol–water partition coefficient (Wildman–Crippen LogP) is 3.38. The van der Waals surface area contributed by atoms with Crippen molar-refractivity contribution in [2.75, 3.05) is 13.1 Å². The summed E-state index contributed by atoms with van der Waals surface area (Å²) in [7, 11) is 0. The van der Waals surface area contributed by atoms with Crippen molar-refractivity contribution in [3.8, 4) is 0 Å². The van der Waals surface area contributed by atoms with Gasteiger partial charge in [-0.3, -0.25) is 14.4 Å². The summed E-state index contributed by atoms with van der Waals surface area (Å²) in [4.78, 5) is 45.1. The number of thiazole rings is 1. The Bertz CT molecular complexity index is 1000. The van der Waals surface area contributed by atoms with Crippen molar-refractivity contribution in [2.24, 2.45) is 5.41 Å². The SMILES string of the molecule is CC(=O)N[C@H](C(=O)N1CCC[C@H]1C(=O)NCC1=CC=C(c2scnc2C)C=CC1)C(C)(C)C. The standard InChI is InChI=1S/C25H34N4O3S/c1-16-21(33-15-27-16)19-9-6-8-18(11-12-19)14-26-23(31)20-10-7-13-29(20)24(32)22(25(3,4)5)28-17(2)30/h6,9,11-12,15,20,22H,7-8,10,13-14H2,1-5H3,(H,26,31)(H,28,30)/t20-,22+/m0/s1. The van der Waals surface area contributed by atoms with Crippen molar-refractivity contribution >= 4 is 34.6 Å². The van der Waals surface area contributed by atoms with Crippen LogP contribution in [0.1, 0.15) is 57.5 Å². The number of aryl methyl sites for hydroxylation is 1. The molecule has 0 spiro atoms. The van der Waals surface area contributed by atoms with E-state index in [1.807, 2.05) is 33.2 Å². The van der Waals surface area contributed by atoms with E-state index in [1.54, 1.807) is 16.2 Å². The van der Waals surface area contributed by atoms with E-state index in [4.69, 9.17) is 0 Å². The zero-order chi connectivity index (χ0) is 24.2. The van der Waals surface area contributed by atoms with Crippen LogP contribution in [0.3, 0.4) is 0 Å². The highest BCUT2D eigenvalue weighted by molar-refractivity contribution is 7.11. The molecule has 0 aromatic carbocycles. The van der Waals surface area contributed by atoms with Gasteiger partial charge in [0.05, 0.1) is 16.1 Å². The smallest absolute Gasteiger partial charge is 0.246 e. The van der Waals surface area contributed by atoms with Crippen LogP contribution in [0.15, 0.2) is 35.4 Å². The molecule has 2 aliphatic rings. The van der Waals surface area contributed by atoms with Crippen LogP contribution in [0.4, 0.5) is 0 Å². The van der Waals surface area contributed by atoms with E-state index < -0.39 is 17.5 Å². The number of hydrogen-bond donors (Lipinski definition) is 2. The monoisotopic (exact) mass is 470 g/mol. The molecule has 1 aliphatic heterocycles. The molecule has 2 N–H and O–H groups in total. The number of hydrogen-bond acceptors (Lipinski definition) is 5. The molecule has 1 saturated heterocycles. The summed E-state index contributed by atoms with van der Waals surface area (Å²) in [6.45, 7) is 10.1. The first-order valence-electron chi connectivity index (χ1n) is 11.4. The molecule has 3 rings (SSSR count). The number of rotatable bonds is 6. The van der Waals surface area contributed by atoms with Crippen LogP contribution in [0.25, 0.3) is 5.57 Å². The molecule has 1 aromatic heterocycles. The number of amides is 3. The van der Waals surface area contributed by atoms with E-state index in [2.05, 4.69) is 39.9 Å². The Morgan fingerprint density at radius 2 is 2.03 bits per heavy atom. The summed E-state index contributed by atoms with van der Waals surface area (Å²) in [6.07, 6.45) is 10.5. The summed E-state index contributed by atoms with van der Waals surface area (Å²) >= 11 is 1.62. The van der Waals surface area contributed by atoms with Gasteiger partial charge in [0.1, 0.15) is 12.1 Å². The second kappa shape index (κ2) is 10.5. The maximum absolute atomic E-state index is 13.3. The lowest BCUT2D eigenvalue weighted by atomic mass is 9.85. The summed E-state index contributed by atoms with van der Waals surface area (Å²) < 4.78 is 0. The van der Waals surface area contributed by atoms with Gasteiger partial charge in [0.15, 0.2) is 0 Å². The number of aromatic nitrogens is 1. The molecule has 1 fully saturated rings.